The summed E-state index contributed by atoms with van der Waals surface area (Å²) in [7, 11) is 0. The standard InChI is InChI=1S/C24H18ClF10N3O3S/c1-10-5-16(42-18(10)20(40)38-4-2-3-15(38)19(39)36-9-22(27,28)29)14-8-21(41-37-14,24(33,34)35)12-6-11(23(30,31)32)7-13(25)17(12)26/h5-7,15H,2-4,8-9H2,1H3,(H,36,39)/t15-,21?/m0/s1. The summed E-state index contributed by atoms with van der Waals surface area (Å²) in [6.07, 6.45) is -16.2. The van der Waals surface area contributed by atoms with Crippen LogP contribution in [0.5, 0.6) is 0 Å². The van der Waals surface area contributed by atoms with Gasteiger partial charge in [0.2, 0.25) is 5.91 Å². The van der Waals surface area contributed by atoms with E-state index in [0.717, 1.165) is 4.90 Å². The lowest BCUT2D eigenvalue weighted by atomic mass is 9.86. The number of aryl methyl sites for hydroxylation is 1. The van der Waals surface area contributed by atoms with E-state index in [0.29, 0.717) is 17.8 Å². The number of halogens is 11. The third kappa shape index (κ3) is 6.02. The molecule has 1 aromatic heterocycles. The number of carbonyl (C=O) groups excluding carboxylic acids is 2. The van der Waals surface area contributed by atoms with Crippen LogP contribution in [0.4, 0.5) is 43.9 Å². The van der Waals surface area contributed by atoms with Crippen LogP contribution >= 0.6 is 22.9 Å². The van der Waals surface area contributed by atoms with Crippen molar-refractivity contribution >= 4 is 40.5 Å². The molecule has 42 heavy (non-hydrogen) atoms. The Bertz CT molecular complexity index is 1440. The molecule has 1 unspecified atom stereocenters. The molecule has 1 aromatic carbocycles. The first kappa shape index (κ1) is 31.8. The summed E-state index contributed by atoms with van der Waals surface area (Å²) < 4.78 is 135. The van der Waals surface area contributed by atoms with Crippen molar-refractivity contribution < 1.29 is 58.3 Å². The van der Waals surface area contributed by atoms with E-state index in [9.17, 15) is 53.5 Å². The van der Waals surface area contributed by atoms with Gasteiger partial charge in [-0.1, -0.05) is 16.8 Å². The van der Waals surface area contributed by atoms with Crippen LogP contribution in [0.15, 0.2) is 23.4 Å². The van der Waals surface area contributed by atoms with Gasteiger partial charge in [-0.2, -0.15) is 39.5 Å². The number of hydrogen-bond donors (Lipinski definition) is 1. The van der Waals surface area contributed by atoms with Gasteiger partial charge in [-0.05, 0) is 43.5 Å². The number of alkyl halides is 9. The van der Waals surface area contributed by atoms with Crippen LogP contribution in [-0.2, 0) is 21.4 Å². The Kier molecular flexibility index (Phi) is 8.25. The summed E-state index contributed by atoms with van der Waals surface area (Å²) in [4.78, 5) is 31.1. The minimum atomic E-state index is -5.48. The largest absolute Gasteiger partial charge is 0.435 e. The third-order valence-electron chi connectivity index (χ3n) is 6.65. The van der Waals surface area contributed by atoms with Gasteiger partial charge in [0.15, 0.2) is 0 Å². The van der Waals surface area contributed by atoms with Crippen molar-refractivity contribution in [2.24, 2.45) is 5.16 Å². The zero-order valence-electron chi connectivity index (χ0n) is 21.0. The summed E-state index contributed by atoms with van der Waals surface area (Å²) in [6.45, 7) is -0.181. The maximum absolute atomic E-state index is 14.8. The highest BCUT2D eigenvalue weighted by atomic mass is 35.5. The van der Waals surface area contributed by atoms with E-state index in [-0.39, 0.29) is 40.4 Å². The topological polar surface area (TPSA) is 71.0 Å². The molecular weight excluding hydrogens is 636 g/mol. The average molecular weight is 654 g/mol. The number of thiophene rings is 1. The van der Waals surface area contributed by atoms with Crippen LogP contribution in [0.25, 0.3) is 0 Å². The van der Waals surface area contributed by atoms with Gasteiger partial charge in [0.25, 0.3) is 11.5 Å². The second-order valence-corrected chi connectivity index (χ2v) is 11.0. The number of oxime groups is 1. The van der Waals surface area contributed by atoms with Crippen LogP contribution in [0.2, 0.25) is 5.02 Å². The average Bonchev–Trinajstić information content (AvgIpc) is 3.60. The Morgan fingerprint density at radius 3 is 2.40 bits per heavy atom. The summed E-state index contributed by atoms with van der Waals surface area (Å²) >= 11 is 6.13. The van der Waals surface area contributed by atoms with Gasteiger partial charge >= 0.3 is 18.5 Å². The van der Waals surface area contributed by atoms with Gasteiger partial charge in [0.1, 0.15) is 24.1 Å². The minimum Gasteiger partial charge on any atom is -0.374 e. The predicted octanol–water partition coefficient (Wildman–Crippen LogP) is 6.73. The number of hydrogen-bond acceptors (Lipinski definition) is 5. The van der Waals surface area contributed by atoms with E-state index in [2.05, 4.69) is 9.99 Å². The summed E-state index contributed by atoms with van der Waals surface area (Å²) in [5.74, 6) is -3.59. The normalized spacial score (nSPS) is 21.4. The molecule has 4 rings (SSSR count). The summed E-state index contributed by atoms with van der Waals surface area (Å²) in [5, 5.41) is 3.88. The highest BCUT2D eigenvalue weighted by molar-refractivity contribution is 7.16. The van der Waals surface area contributed by atoms with Gasteiger partial charge in [0.05, 0.1) is 26.8 Å². The first-order valence-electron chi connectivity index (χ1n) is 11.9. The van der Waals surface area contributed by atoms with Gasteiger partial charge in [-0.3, -0.25) is 9.59 Å². The number of amides is 2. The monoisotopic (exact) mass is 653 g/mol. The first-order chi connectivity index (χ1) is 19.2. The number of benzene rings is 1. The first-order valence-corrected chi connectivity index (χ1v) is 13.1. The zero-order chi connectivity index (χ0) is 31.4. The summed E-state index contributed by atoms with van der Waals surface area (Å²) in [5.41, 5.74) is -7.13. The van der Waals surface area contributed by atoms with Crippen LogP contribution < -0.4 is 5.32 Å². The van der Waals surface area contributed by atoms with Crippen LogP contribution in [-0.4, -0.2) is 53.9 Å². The lowest BCUT2D eigenvalue weighted by molar-refractivity contribution is -0.276. The minimum absolute atomic E-state index is 0.0203. The lowest BCUT2D eigenvalue weighted by Gasteiger charge is -2.30. The number of likely N-dealkylation sites (tertiary alicyclic amines) is 1. The van der Waals surface area contributed by atoms with Crippen molar-refractivity contribution in [2.45, 2.75) is 56.4 Å². The molecule has 2 amide bonds. The van der Waals surface area contributed by atoms with Crippen LogP contribution in [0.1, 0.15) is 50.5 Å². The highest BCUT2D eigenvalue weighted by Crippen LogP contribution is 2.51. The molecule has 2 aliphatic rings. The van der Waals surface area contributed by atoms with Gasteiger partial charge < -0.3 is 15.1 Å². The Hall–Kier alpha value is -3.08. The fourth-order valence-electron chi connectivity index (χ4n) is 4.62. The zero-order valence-corrected chi connectivity index (χ0v) is 22.6. The van der Waals surface area contributed by atoms with E-state index < -0.39 is 82.6 Å². The second kappa shape index (κ2) is 10.9. The molecule has 2 aromatic rings. The molecule has 1 N–H and O–H groups in total. The smallest absolute Gasteiger partial charge is 0.374 e. The fraction of sp³-hybridized carbons (Fsp3) is 0.458. The quantitative estimate of drug-likeness (QED) is 0.364. The summed E-state index contributed by atoms with van der Waals surface area (Å²) in [6, 6.07) is 0.107. The van der Waals surface area contributed by atoms with Gasteiger partial charge in [-0.15, -0.1) is 11.3 Å². The van der Waals surface area contributed by atoms with E-state index in [1.165, 1.54) is 13.0 Å². The number of nitrogens with zero attached hydrogens (tertiary/aromatic N) is 2. The van der Waals surface area contributed by atoms with Crippen molar-refractivity contribution in [1.82, 2.24) is 10.2 Å². The number of rotatable bonds is 5. The molecule has 0 spiro atoms. The Morgan fingerprint density at radius 2 is 1.81 bits per heavy atom. The molecule has 230 valence electrons. The van der Waals surface area contributed by atoms with Crippen LogP contribution in [0.3, 0.4) is 0 Å². The van der Waals surface area contributed by atoms with Crippen molar-refractivity contribution in [3.63, 3.8) is 0 Å². The molecule has 1 fully saturated rings. The predicted molar refractivity (Wildman–Crippen MR) is 129 cm³/mol. The molecule has 0 bridgehead atoms. The second-order valence-electron chi connectivity index (χ2n) is 9.56. The molecular formula is C24H18ClF10N3O3S. The van der Waals surface area contributed by atoms with E-state index in [1.54, 1.807) is 5.32 Å². The molecule has 6 nitrogen and oxygen atoms in total. The third-order valence-corrected chi connectivity index (χ3v) is 8.20. The Morgan fingerprint density at radius 1 is 1.14 bits per heavy atom. The van der Waals surface area contributed by atoms with Crippen molar-refractivity contribution in [1.29, 1.82) is 0 Å². The number of carbonyl (C=O) groups is 2. The molecule has 3 heterocycles. The SMILES string of the molecule is Cc1cc(C2=NOC(c3cc(C(F)(F)F)cc(Cl)c3F)(C(F)(F)F)C2)sc1C(=O)N1CCC[C@H]1C(=O)NCC(F)(F)F. The van der Waals surface area contributed by atoms with Crippen molar-refractivity contribution in [3.8, 4) is 0 Å². The van der Waals surface area contributed by atoms with E-state index >= 15 is 0 Å². The van der Waals surface area contributed by atoms with Gasteiger partial charge in [0, 0.05) is 12.1 Å². The molecule has 2 aliphatic heterocycles. The maximum atomic E-state index is 14.8. The van der Waals surface area contributed by atoms with Crippen LogP contribution in [0, 0.1) is 12.7 Å². The van der Waals surface area contributed by atoms with E-state index in [4.69, 9.17) is 11.6 Å². The highest BCUT2D eigenvalue weighted by Gasteiger charge is 2.64. The van der Waals surface area contributed by atoms with E-state index in [1.807, 2.05) is 0 Å². The molecule has 1 saturated heterocycles. The van der Waals surface area contributed by atoms with Crippen molar-refractivity contribution in [3.05, 3.63) is 55.5 Å². The number of nitrogens with one attached hydrogen (secondary N) is 1. The fourth-order valence-corrected chi connectivity index (χ4v) is 5.94. The molecule has 0 aliphatic carbocycles. The Labute approximate surface area is 239 Å². The van der Waals surface area contributed by atoms with Crippen molar-refractivity contribution in [2.75, 3.05) is 13.1 Å². The molecule has 0 radical (unpaired) electrons. The Balaban J connectivity index is 1.63. The lowest BCUT2D eigenvalue weighted by Crippen LogP contribution is -2.47. The van der Waals surface area contributed by atoms with Gasteiger partial charge in [-0.25, -0.2) is 4.39 Å². The molecule has 2 atom stereocenters. The molecule has 0 saturated carbocycles. The maximum Gasteiger partial charge on any atom is 0.435 e. The molecule has 18 heteroatoms.